The van der Waals surface area contributed by atoms with Crippen molar-refractivity contribution in [3.8, 4) is 0 Å². The van der Waals surface area contributed by atoms with E-state index in [0.717, 1.165) is 5.01 Å². The normalized spacial score (nSPS) is 19.6. The van der Waals surface area contributed by atoms with Crippen molar-refractivity contribution in [3.05, 3.63) is 9.47 Å². The van der Waals surface area contributed by atoms with Crippen molar-refractivity contribution in [2.45, 2.75) is 6.54 Å². The Bertz CT molecular complexity index is 481. The van der Waals surface area contributed by atoms with E-state index in [1.807, 2.05) is 0 Å². The zero-order valence-electron chi connectivity index (χ0n) is 9.34. The predicted octanol–water partition coefficient (Wildman–Crippen LogP) is 0.269. The molecule has 1 aliphatic rings. The van der Waals surface area contributed by atoms with Crippen molar-refractivity contribution >= 4 is 33.0 Å². The lowest BCUT2D eigenvalue weighted by Gasteiger charge is -2.32. The van der Waals surface area contributed by atoms with Gasteiger partial charge < -0.3 is 0 Å². The lowest BCUT2D eigenvalue weighted by molar-refractivity contribution is 0.181. The molecule has 1 aliphatic heterocycles. The fraction of sp³-hybridized carbons (Fsp3) is 0.750. The van der Waals surface area contributed by atoms with E-state index >= 15 is 0 Å². The first-order chi connectivity index (χ1) is 7.95. The van der Waals surface area contributed by atoms with Gasteiger partial charge in [-0.1, -0.05) is 11.3 Å². The van der Waals surface area contributed by atoms with E-state index in [9.17, 15) is 8.42 Å². The van der Waals surface area contributed by atoms with Crippen LogP contribution in [0.1, 0.15) is 5.01 Å². The van der Waals surface area contributed by atoms with Crippen molar-refractivity contribution in [1.29, 1.82) is 0 Å². The molecule has 0 aliphatic carbocycles. The molecule has 0 saturated carbocycles. The number of sulfonamides is 1. The number of nitrogens with zero attached hydrogens (tertiary/aromatic N) is 4. The molecule has 1 fully saturated rings. The quantitative estimate of drug-likeness (QED) is 0.801. The highest BCUT2D eigenvalue weighted by atomic mass is 35.5. The highest BCUT2D eigenvalue weighted by Gasteiger charge is 2.23. The fourth-order valence-electron chi connectivity index (χ4n) is 1.71. The largest absolute Gasteiger partial charge is 0.294 e. The minimum atomic E-state index is -3.06. The standard InChI is InChI=1S/C8H13ClN4O2S2/c1-17(14,15)13-4-2-12(3-5-13)6-7-10-11-8(9)16-7/h2-6H2,1H3. The van der Waals surface area contributed by atoms with Gasteiger partial charge in [-0.25, -0.2) is 8.42 Å². The first-order valence-corrected chi connectivity index (χ1v) is 8.15. The van der Waals surface area contributed by atoms with Gasteiger partial charge in [-0.2, -0.15) is 4.31 Å². The maximum atomic E-state index is 11.3. The summed E-state index contributed by atoms with van der Waals surface area (Å²) in [4.78, 5) is 2.15. The van der Waals surface area contributed by atoms with Crippen LogP contribution in [0.15, 0.2) is 0 Å². The Hall–Kier alpha value is -0.280. The van der Waals surface area contributed by atoms with Gasteiger partial charge in [-0.05, 0) is 11.6 Å². The summed E-state index contributed by atoms with van der Waals surface area (Å²) in [5.41, 5.74) is 0. The van der Waals surface area contributed by atoms with Crippen LogP contribution in [0.25, 0.3) is 0 Å². The summed E-state index contributed by atoms with van der Waals surface area (Å²) in [6.07, 6.45) is 1.24. The van der Waals surface area contributed by atoms with Crippen LogP contribution in [0, 0.1) is 0 Å². The van der Waals surface area contributed by atoms with Crippen LogP contribution in [0.2, 0.25) is 4.47 Å². The van der Waals surface area contributed by atoms with E-state index in [1.54, 1.807) is 0 Å². The minimum absolute atomic E-state index is 0.440. The molecule has 1 aromatic rings. The molecule has 2 heterocycles. The Labute approximate surface area is 109 Å². The van der Waals surface area contributed by atoms with Crippen LogP contribution in [0.5, 0.6) is 0 Å². The monoisotopic (exact) mass is 296 g/mol. The second-order valence-electron chi connectivity index (χ2n) is 3.89. The SMILES string of the molecule is CS(=O)(=O)N1CCN(Cc2nnc(Cl)s2)CC1. The summed E-state index contributed by atoms with van der Waals surface area (Å²) in [5.74, 6) is 0. The van der Waals surface area contributed by atoms with Gasteiger partial charge in [0.15, 0.2) is 0 Å². The van der Waals surface area contributed by atoms with E-state index in [0.29, 0.717) is 37.2 Å². The zero-order valence-corrected chi connectivity index (χ0v) is 11.7. The van der Waals surface area contributed by atoms with E-state index in [1.165, 1.54) is 21.9 Å². The maximum Gasteiger partial charge on any atom is 0.211 e. The van der Waals surface area contributed by atoms with Gasteiger partial charge in [-0.3, -0.25) is 4.90 Å². The van der Waals surface area contributed by atoms with Crippen LogP contribution in [0.3, 0.4) is 0 Å². The second-order valence-corrected chi connectivity index (χ2v) is 7.51. The molecule has 0 radical (unpaired) electrons. The Morgan fingerprint density at radius 3 is 2.41 bits per heavy atom. The smallest absolute Gasteiger partial charge is 0.211 e. The number of piperazine rings is 1. The van der Waals surface area contributed by atoms with Gasteiger partial charge in [0.1, 0.15) is 5.01 Å². The number of aromatic nitrogens is 2. The summed E-state index contributed by atoms with van der Waals surface area (Å²) in [6, 6.07) is 0. The van der Waals surface area contributed by atoms with Crippen LogP contribution >= 0.6 is 22.9 Å². The van der Waals surface area contributed by atoms with Crippen molar-refractivity contribution in [1.82, 2.24) is 19.4 Å². The lowest BCUT2D eigenvalue weighted by Crippen LogP contribution is -2.47. The highest BCUT2D eigenvalue weighted by Crippen LogP contribution is 2.17. The van der Waals surface area contributed by atoms with E-state index in [4.69, 9.17) is 11.6 Å². The van der Waals surface area contributed by atoms with Crippen molar-refractivity contribution in [3.63, 3.8) is 0 Å². The Morgan fingerprint density at radius 1 is 1.29 bits per heavy atom. The van der Waals surface area contributed by atoms with Crippen LogP contribution in [-0.4, -0.2) is 60.3 Å². The molecular formula is C8H13ClN4O2S2. The van der Waals surface area contributed by atoms with Crippen LogP contribution in [-0.2, 0) is 16.6 Å². The van der Waals surface area contributed by atoms with Gasteiger partial charge in [0.05, 0.1) is 12.8 Å². The maximum absolute atomic E-state index is 11.3. The Kier molecular flexibility index (Phi) is 3.99. The van der Waals surface area contributed by atoms with Crippen molar-refractivity contribution < 1.29 is 8.42 Å². The van der Waals surface area contributed by atoms with Gasteiger partial charge in [0, 0.05) is 26.2 Å². The van der Waals surface area contributed by atoms with Crippen LogP contribution in [0.4, 0.5) is 0 Å². The molecule has 1 saturated heterocycles. The van der Waals surface area contributed by atoms with Crippen LogP contribution < -0.4 is 0 Å². The number of halogens is 1. The first-order valence-electron chi connectivity index (χ1n) is 5.10. The molecule has 17 heavy (non-hydrogen) atoms. The average Bonchev–Trinajstić information content (AvgIpc) is 2.63. The molecule has 0 unspecified atom stereocenters. The van der Waals surface area contributed by atoms with E-state index < -0.39 is 10.0 Å². The van der Waals surface area contributed by atoms with E-state index in [2.05, 4.69) is 15.1 Å². The molecule has 0 N–H and O–H groups in total. The summed E-state index contributed by atoms with van der Waals surface area (Å²) >= 11 is 7.06. The molecular weight excluding hydrogens is 284 g/mol. The van der Waals surface area contributed by atoms with Gasteiger partial charge >= 0.3 is 0 Å². The van der Waals surface area contributed by atoms with Gasteiger partial charge in [0.25, 0.3) is 0 Å². The second kappa shape index (κ2) is 5.15. The minimum Gasteiger partial charge on any atom is -0.294 e. The summed E-state index contributed by atoms with van der Waals surface area (Å²) < 4.78 is 24.6. The van der Waals surface area contributed by atoms with Gasteiger partial charge in [-0.15, -0.1) is 10.2 Å². The number of hydrogen-bond acceptors (Lipinski definition) is 6. The van der Waals surface area contributed by atoms with Gasteiger partial charge in [0.2, 0.25) is 14.5 Å². The lowest BCUT2D eigenvalue weighted by atomic mass is 10.3. The highest BCUT2D eigenvalue weighted by molar-refractivity contribution is 7.88. The topological polar surface area (TPSA) is 66.4 Å². The molecule has 9 heteroatoms. The third-order valence-electron chi connectivity index (χ3n) is 2.60. The predicted molar refractivity (Wildman–Crippen MR) is 66.6 cm³/mol. The molecule has 0 spiro atoms. The third-order valence-corrected chi connectivity index (χ3v) is 4.91. The van der Waals surface area contributed by atoms with E-state index in [-0.39, 0.29) is 0 Å². The fourth-order valence-corrected chi connectivity index (χ4v) is 3.44. The number of rotatable bonds is 3. The molecule has 1 aromatic heterocycles. The molecule has 0 aromatic carbocycles. The first kappa shape index (κ1) is 13.2. The summed E-state index contributed by atoms with van der Waals surface area (Å²) in [5, 5.41) is 8.54. The number of hydrogen-bond donors (Lipinski definition) is 0. The van der Waals surface area contributed by atoms with Crippen molar-refractivity contribution in [2.75, 3.05) is 32.4 Å². The molecule has 0 bridgehead atoms. The summed E-state index contributed by atoms with van der Waals surface area (Å²) in [6.45, 7) is 3.17. The summed E-state index contributed by atoms with van der Waals surface area (Å²) in [7, 11) is -3.06. The molecule has 0 atom stereocenters. The molecule has 2 rings (SSSR count). The molecule has 6 nitrogen and oxygen atoms in total. The zero-order chi connectivity index (χ0) is 12.5. The third kappa shape index (κ3) is 3.59. The Balaban J connectivity index is 1.87. The van der Waals surface area contributed by atoms with Crippen molar-refractivity contribution in [2.24, 2.45) is 0 Å². The molecule has 96 valence electrons. The molecule has 0 amide bonds. The average molecular weight is 297 g/mol. The Morgan fingerprint density at radius 2 is 1.94 bits per heavy atom.